The van der Waals surface area contributed by atoms with E-state index in [0.29, 0.717) is 0 Å². The van der Waals surface area contributed by atoms with Gasteiger partial charge in [0.1, 0.15) is 4.21 Å². The Morgan fingerprint density at radius 2 is 1.90 bits per heavy atom. The number of carbonyl (C=O) groups is 2. The molecule has 7 nitrogen and oxygen atoms in total. The van der Waals surface area contributed by atoms with Crippen molar-refractivity contribution in [2.45, 2.75) is 10.6 Å². The molecule has 1 fully saturated rings. The van der Waals surface area contributed by atoms with Gasteiger partial charge in [-0.2, -0.15) is 4.31 Å². The van der Waals surface area contributed by atoms with E-state index in [1.807, 2.05) is 0 Å². The van der Waals surface area contributed by atoms with Gasteiger partial charge in [-0.05, 0) is 17.9 Å². The van der Waals surface area contributed by atoms with Crippen LogP contribution in [0.3, 0.4) is 0 Å². The summed E-state index contributed by atoms with van der Waals surface area (Å²) >= 11 is 1.05. The molecule has 0 aliphatic carbocycles. The zero-order valence-corrected chi connectivity index (χ0v) is 11.9. The van der Waals surface area contributed by atoms with Crippen LogP contribution in [0, 0.1) is 11.8 Å². The summed E-state index contributed by atoms with van der Waals surface area (Å²) in [6.07, 6.45) is -0.00307. The summed E-state index contributed by atoms with van der Waals surface area (Å²) < 4.78 is 25.8. The monoisotopic (exact) mass is 319 g/mol. The molecule has 110 valence electrons. The number of aliphatic carboxylic acids is 2. The van der Waals surface area contributed by atoms with Crippen molar-refractivity contribution in [3.63, 3.8) is 0 Å². The molecule has 9 heteroatoms. The highest BCUT2D eigenvalue weighted by molar-refractivity contribution is 7.91. The Bertz CT molecular complexity index is 609. The highest BCUT2D eigenvalue weighted by Gasteiger charge is 2.42. The number of piperidine rings is 1. The van der Waals surface area contributed by atoms with E-state index < -0.39 is 33.8 Å². The molecule has 0 aromatic carbocycles. The van der Waals surface area contributed by atoms with Gasteiger partial charge in [-0.3, -0.25) is 9.59 Å². The van der Waals surface area contributed by atoms with Gasteiger partial charge < -0.3 is 10.2 Å². The molecular weight excluding hydrogens is 306 g/mol. The molecular formula is C11H13NO6S2. The molecule has 2 rings (SSSR count). The second kappa shape index (κ2) is 5.51. The van der Waals surface area contributed by atoms with Crippen molar-refractivity contribution >= 4 is 33.3 Å². The number of nitrogens with zero attached hydrogens (tertiary/aromatic N) is 1. The number of carboxylic acid groups (broad SMARTS) is 2. The van der Waals surface area contributed by atoms with Crippen LogP contribution in [0.1, 0.15) is 6.42 Å². The van der Waals surface area contributed by atoms with Gasteiger partial charge in [0.15, 0.2) is 0 Å². The number of rotatable bonds is 4. The van der Waals surface area contributed by atoms with E-state index >= 15 is 0 Å². The molecule has 0 radical (unpaired) electrons. The fourth-order valence-electron chi connectivity index (χ4n) is 2.22. The number of carboxylic acids is 2. The lowest BCUT2D eigenvalue weighted by atomic mass is 9.86. The summed E-state index contributed by atoms with van der Waals surface area (Å²) in [5.74, 6) is -4.77. The predicted octanol–water partition coefficient (Wildman–Crippen LogP) is 0.544. The van der Waals surface area contributed by atoms with E-state index in [1.54, 1.807) is 11.4 Å². The van der Waals surface area contributed by atoms with Crippen LogP contribution in [0.2, 0.25) is 0 Å². The second-order valence-corrected chi connectivity index (χ2v) is 7.59. The Morgan fingerprint density at radius 3 is 2.40 bits per heavy atom. The lowest BCUT2D eigenvalue weighted by Gasteiger charge is -2.33. The van der Waals surface area contributed by atoms with E-state index in [4.69, 9.17) is 10.2 Å². The molecule has 1 saturated heterocycles. The lowest BCUT2D eigenvalue weighted by molar-refractivity contribution is -0.156. The molecule has 1 aliphatic heterocycles. The minimum atomic E-state index is -3.74. The van der Waals surface area contributed by atoms with Crippen LogP contribution in [-0.4, -0.2) is 48.0 Å². The quantitative estimate of drug-likeness (QED) is 0.838. The van der Waals surface area contributed by atoms with E-state index in [-0.39, 0.29) is 23.7 Å². The smallest absolute Gasteiger partial charge is 0.308 e. The predicted molar refractivity (Wildman–Crippen MR) is 69.9 cm³/mol. The first kappa shape index (κ1) is 14.9. The van der Waals surface area contributed by atoms with Crippen LogP contribution >= 0.6 is 11.3 Å². The van der Waals surface area contributed by atoms with Crippen LogP contribution in [0.5, 0.6) is 0 Å². The molecule has 1 aromatic rings. The first-order chi connectivity index (χ1) is 9.34. The van der Waals surface area contributed by atoms with Gasteiger partial charge in [0.25, 0.3) is 10.0 Å². The van der Waals surface area contributed by atoms with E-state index in [9.17, 15) is 18.0 Å². The largest absolute Gasteiger partial charge is 0.481 e. The minimum absolute atomic E-state index is 0.00307. The molecule has 0 saturated carbocycles. The molecule has 2 N–H and O–H groups in total. The van der Waals surface area contributed by atoms with Gasteiger partial charge >= 0.3 is 11.9 Å². The molecule has 2 heterocycles. The Kier molecular flexibility index (Phi) is 4.11. The summed E-state index contributed by atoms with van der Waals surface area (Å²) in [4.78, 5) is 22.2. The molecule has 1 aliphatic rings. The lowest BCUT2D eigenvalue weighted by Crippen LogP contribution is -2.48. The molecule has 20 heavy (non-hydrogen) atoms. The first-order valence-corrected chi connectivity index (χ1v) is 8.15. The third kappa shape index (κ3) is 2.69. The zero-order valence-electron chi connectivity index (χ0n) is 10.3. The number of hydrogen-bond acceptors (Lipinski definition) is 5. The third-order valence-corrected chi connectivity index (χ3v) is 6.54. The first-order valence-electron chi connectivity index (χ1n) is 5.83. The van der Waals surface area contributed by atoms with Crippen LogP contribution in [0.4, 0.5) is 0 Å². The maximum atomic E-state index is 12.3. The summed E-state index contributed by atoms with van der Waals surface area (Å²) in [6, 6.07) is 3.04. The van der Waals surface area contributed by atoms with Crippen LogP contribution < -0.4 is 0 Å². The summed E-state index contributed by atoms with van der Waals surface area (Å²) in [5.41, 5.74) is 0. The van der Waals surface area contributed by atoms with E-state index in [2.05, 4.69) is 0 Å². The molecule has 0 bridgehead atoms. The van der Waals surface area contributed by atoms with Crippen molar-refractivity contribution in [3.05, 3.63) is 17.5 Å². The van der Waals surface area contributed by atoms with Gasteiger partial charge in [0.2, 0.25) is 0 Å². The Labute approximate surface area is 119 Å². The van der Waals surface area contributed by atoms with Crippen molar-refractivity contribution in [3.8, 4) is 0 Å². The average Bonchev–Trinajstić information content (AvgIpc) is 2.92. The minimum Gasteiger partial charge on any atom is -0.481 e. The van der Waals surface area contributed by atoms with Crippen LogP contribution in [0.25, 0.3) is 0 Å². The zero-order chi connectivity index (χ0) is 14.9. The maximum Gasteiger partial charge on any atom is 0.308 e. The fourth-order valence-corrected chi connectivity index (χ4v) is 4.85. The summed E-state index contributed by atoms with van der Waals surface area (Å²) in [7, 11) is -3.74. The van der Waals surface area contributed by atoms with Crippen molar-refractivity contribution in [1.29, 1.82) is 0 Å². The average molecular weight is 319 g/mol. The van der Waals surface area contributed by atoms with Gasteiger partial charge in [0.05, 0.1) is 11.8 Å². The fraction of sp³-hybridized carbons (Fsp3) is 0.455. The molecule has 1 aromatic heterocycles. The van der Waals surface area contributed by atoms with Crippen molar-refractivity contribution in [1.82, 2.24) is 4.31 Å². The Balaban J connectivity index is 2.25. The standard InChI is InChI=1S/C11H13NO6S2/c13-10(14)7-3-4-12(6-8(7)11(15)16)20(17,18)9-2-1-5-19-9/h1-2,5,7-8H,3-4,6H2,(H,13,14)(H,15,16). The molecule has 2 unspecified atom stereocenters. The molecule has 2 atom stereocenters. The van der Waals surface area contributed by atoms with Crippen LogP contribution in [-0.2, 0) is 19.6 Å². The Hall–Kier alpha value is -1.45. The van der Waals surface area contributed by atoms with Gasteiger partial charge in [0, 0.05) is 13.1 Å². The number of hydrogen-bond donors (Lipinski definition) is 2. The molecule has 0 amide bonds. The third-order valence-electron chi connectivity index (χ3n) is 3.30. The van der Waals surface area contributed by atoms with Crippen molar-refractivity contribution < 1.29 is 28.2 Å². The number of sulfonamides is 1. The second-order valence-electron chi connectivity index (χ2n) is 4.47. The summed E-state index contributed by atoms with van der Waals surface area (Å²) in [6.45, 7) is -0.298. The SMILES string of the molecule is O=C(O)C1CCN(S(=O)(=O)c2cccs2)CC1C(=O)O. The summed E-state index contributed by atoms with van der Waals surface area (Å²) in [5, 5.41) is 19.7. The molecule has 0 spiro atoms. The van der Waals surface area contributed by atoms with Gasteiger partial charge in [-0.15, -0.1) is 11.3 Å². The van der Waals surface area contributed by atoms with Gasteiger partial charge in [-0.25, -0.2) is 8.42 Å². The maximum absolute atomic E-state index is 12.3. The van der Waals surface area contributed by atoms with Crippen molar-refractivity contribution in [2.24, 2.45) is 11.8 Å². The topological polar surface area (TPSA) is 112 Å². The normalized spacial score (nSPS) is 24.4. The van der Waals surface area contributed by atoms with Crippen molar-refractivity contribution in [2.75, 3.05) is 13.1 Å². The van der Waals surface area contributed by atoms with Gasteiger partial charge in [-0.1, -0.05) is 6.07 Å². The number of thiophene rings is 1. The van der Waals surface area contributed by atoms with E-state index in [1.165, 1.54) is 6.07 Å². The van der Waals surface area contributed by atoms with Crippen LogP contribution in [0.15, 0.2) is 21.7 Å². The highest BCUT2D eigenvalue weighted by atomic mass is 32.2. The Morgan fingerprint density at radius 1 is 1.25 bits per heavy atom. The van der Waals surface area contributed by atoms with E-state index in [0.717, 1.165) is 15.6 Å². The highest BCUT2D eigenvalue weighted by Crippen LogP contribution is 2.29.